The van der Waals surface area contributed by atoms with E-state index >= 15 is 0 Å². The van der Waals surface area contributed by atoms with E-state index in [-0.39, 0.29) is 11.9 Å². The number of amides is 1. The molecule has 1 amide bonds. The fourth-order valence-corrected chi connectivity index (χ4v) is 3.93. The number of nitrogens with zero attached hydrogens (tertiary/aromatic N) is 1. The maximum Gasteiger partial charge on any atom is 0.230 e. The first-order valence-corrected chi connectivity index (χ1v) is 9.48. The van der Waals surface area contributed by atoms with Crippen LogP contribution in [0.2, 0.25) is 0 Å². The van der Waals surface area contributed by atoms with E-state index in [0.717, 1.165) is 28.3 Å². The number of benzene rings is 2. The minimum absolute atomic E-state index is 0.0294. The molecular formula is C20H22N2O2S. The zero-order valence-electron chi connectivity index (χ0n) is 14.7. The van der Waals surface area contributed by atoms with Crippen molar-refractivity contribution < 1.29 is 9.32 Å². The molecule has 0 saturated carbocycles. The van der Waals surface area contributed by atoms with Crippen LogP contribution >= 0.6 is 11.8 Å². The van der Waals surface area contributed by atoms with Gasteiger partial charge < -0.3 is 9.84 Å². The molecule has 25 heavy (non-hydrogen) atoms. The van der Waals surface area contributed by atoms with Crippen LogP contribution in [0.5, 0.6) is 0 Å². The smallest absolute Gasteiger partial charge is 0.230 e. The van der Waals surface area contributed by atoms with Gasteiger partial charge in [-0.15, -0.1) is 11.8 Å². The molecule has 0 aliphatic rings. The molecule has 0 bridgehead atoms. The zero-order valence-corrected chi connectivity index (χ0v) is 15.5. The van der Waals surface area contributed by atoms with Crippen LogP contribution < -0.4 is 5.32 Å². The van der Waals surface area contributed by atoms with Gasteiger partial charge in [-0.25, -0.2) is 0 Å². The monoisotopic (exact) mass is 354 g/mol. The Balaban J connectivity index is 1.59. The Morgan fingerprint density at radius 3 is 2.72 bits per heavy atom. The van der Waals surface area contributed by atoms with Crippen LogP contribution in [0, 0.1) is 13.8 Å². The van der Waals surface area contributed by atoms with E-state index in [0.29, 0.717) is 5.75 Å². The molecule has 1 N–H and O–H groups in total. The Morgan fingerprint density at radius 1 is 1.20 bits per heavy atom. The van der Waals surface area contributed by atoms with Crippen molar-refractivity contribution in [2.75, 3.05) is 5.75 Å². The third-order valence-corrected chi connectivity index (χ3v) is 5.29. The van der Waals surface area contributed by atoms with Crippen LogP contribution in [0.4, 0.5) is 0 Å². The number of fused-ring (bicyclic) bond motifs is 1. The molecule has 1 atom stereocenters. The second-order valence-electron chi connectivity index (χ2n) is 6.15. The van der Waals surface area contributed by atoms with Crippen molar-refractivity contribution in [3.05, 3.63) is 65.0 Å². The molecule has 130 valence electrons. The maximum atomic E-state index is 12.3. The normalized spacial score (nSPS) is 12.3. The Hall–Kier alpha value is -2.27. The van der Waals surface area contributed by atoms with Crippen molar-refractivity contribution in [2.45, 2.75) is 32.6 Å². The van der Waals surface area contributed by atoms with Gasteiger partial charge in [-0.05, 0) is 37.1 Å². The standard InChI is InChI=1S/C20H22N2O2S/c1-13(17-10-6-8-16-7-4-5-9-18(16)17)21-20(23)12-25-11-19-14(2)22-24-15(19)3/h4-10,13H,11-12H2,1-3H3,(H,21,23). The molecule has 4 nitrogen and oxygen atoms in total. The quantitative estimate of drug-likeness (QED) is 0.705. The van der Waals surface area contributed by atoms with E-state index in [9.17, 15) is 4.79 Å². The van der Waals surface area contributed by atoms with Gasteiger partial charge in [-0.3, -0.25) is 4.79 Å². The lowest BCUT2D eigenvalue weighted by atomic mass is 10.00. The second-order valence-corrected chi connectivity index (χ2v) is 7.14. The first-order valence-electron chi connectivity index (χ1n) is 8.32. The molecule has 3 aromatic rings. The minimum atomic E-state index is -0.0294. The zero-order chi connectivity index (χ0) is 17.8. The predicted octanol–water partition coefficient (Wildman–Crippen LogP) is 4.56. The third kappa shape index (κ3) is 4.04. The van der Waals surface area contributed by atoms with Crippen molar-refractivity contribution in [1.29, 1.82) is 0 Å². The highest BCUT2D eigenvalue weighted by Crippen LogP contribution is 2.24. The SMILES string of the molecule is Cc1noc(C)c1CSCC(=O)NC(C)c1cccc2ccccc12. The fourth-order valence-electron chi connectivity index (χ4n) is 2.94. The molecule has 0 saturated heterocycles. The average Bonchev–Trinajstić information content (AvgIpc) is 2.93. The van der Waals surface area contributed by atoms with E-state index in [1.54, 1.807) is 11.8 Å². The van der Waals surface area contributed by atoms with Crippen LogP contribution in [-0.2, 0) is 10.5 Å². The number of hydrogen-bond acceptors (Lipinski definition) is 4. The molecule has 3 rings (SSSR count). The molecule has 1 aromatic heterocycles. The second kappa shape index (κ2) is 7.74. The van der Waals surface area contributed by atoms with Crippen LogP contribution in [0.1, 0.15) is 35.5 Å². The lowest BCUT2D eigenvalue weighted by Crippen LogP contribution is -2.28. The maximum absolute atomic E-state index is 12.3. The molecule has 1 heterocycles. The molecule has 0 radical (unpaired) electrons. The molecule has 1 unspecified atom stereocenters. The molecule has 5 heteroatoms. The highest BCUT2D eigenvalue weighted by atomic mass is 32.2. The van der Waals surface area contributed by atoms with Crippen molar-refractivity contribution >= 4 is 28.4 Å². The van der Waals surface area contributed by atoms with Crippen LogP contribution in [-0.4, -0.2) is 16.8 Å². The van der Waals surface area contributed by atoms with E-state index in [1.807, 2.05) is 39.0 Å². The summed E-state index contributed by atoms with van der Waals surface area (Å²) < 4.78 is 5.15. The number of carbonyl (C=O) groups is 1. The number of rotatable bonds is 6. The van der Waals surface area contributed by atoms with Crippen molar-refractivity contribution in [1.82, 2.24) is 10.5 Å². The van der Waals surface area contributed by atoms with E-state index < -0.39 is 0 Å². The average molecular weight is 354 g/mol. The lowest BCUT2D eigenvalue weighted by molar-refractivity contribution is -0.119. The first-order chi connectivity index (χ1) is 12.1. The summed E-state index contributed by atoms with van der Waals surface area (Å²) in [5.41, 5.74) is 3.12. The number of aryl methyl sites for hydroxylation is 2. The fraction of sp³-hybridized carbons (Fsp3) is 0.300. The van der Waals surface area contributed by atoms with Crippen molar-refractivity contribution in [2.24, 2.45) is 0 Å². The summed E-state index contributed by atoms with van der Waals surface area (Å²) in [6, 6.07) is 14.4. The Morgan fingerprint density at radius 2 is 1.96 bits per heavy atom. The van der Waals surface area contributed by atoms with Gasteiger partial charge in [0.15, 0.2) is 0 Å². The molecule has 0 fully saturated rings. The Bertz CT molecular complexity index is 864. The van der Waals surface area contributed by atoms with E-state index in [2.05, 4.69) is 34.7 Å². The minimum Gasteiger partial charge on any atom is -0.361 e. The van der Waals surface area contributed by atoms with Crippen molar-refractivity contribution in [3.63, 3.8) is 0 Å². The van der Waals surface area contributed by atoms with Gasteiger partial charge in [0, 0.05) is 11.3 Å². The first kappa shape index (κ1) is 17.5. The summed E-state index contributed by atoms with van der Waals surface area (Å²) >= 11 is 1.58. The topological polar surface area (TPSA) is 55.1 Å². The van der Waals surface area contributed by atoms with Gasteiger partial charge in [-0.2, -0.15) is 0 Å². The van der Waals surface area contributed by atoms with Gasteiger partial charge in [-0.1, -0.05) is 47.6 Å². The number of hydrogen-bond donors (Lipinski definition) is 1. The van der Waals surface area contributed by atoms with Gasteiger partial charge in [0.2, 0.25) is 5.91 Å². The molecule has 0 spiro atoms. The Kier molecular flexibility index (Phi) is 5.43. The summed E-state index contributed by atoms with van der Waals surface area (Å²) in [4.78, 5) is 12.3. The number of carbonyl (C=O) groups excluding carboxylic acids is 1. The summed E-state index contributed by atoms with van der Waals surface area (Å²) in [7, 11) is 0. The highest BCUT2D eigenvalue weighted by Gasteiger charge is 2.14. The number of thioether (sulfide) groups is 1. The molecule has 0 aliphatic carbocycles. The lowest BCUT2D eigenvalue weighted by Gasteiger charge is -2.16. The van der Waals surface area contributed by atoms with Gasteiger partial charge in [0.05, 0.1) is 17.5 Å². The van der Waals surface area contributed by atoms with E-state index in [4.69, 9.17) is 4.52 Å². The third-order valence-electron chi connectivity index (χ3n) is 4.33. The summed E-state index contributed by atoms with van der Waals surface area (Å²) in [5, 5.41) is 9.41. The summed E-state index contributed by atoms with van der Waals surface area (Å²) in [5.74, 6) is 2.02. The summed E-state index contributed by atoms with van der Waals surface area (Å²) in [6.45, 7) is 5.85. The van der Waals surface area contributed by atoms with E-state index in [1.165, 1.54) is 10.8 Å². The Labute approximate surface area is 152 Å². The van der Waals surface area contributed by atoms with Crippen LogP contribution in [0.25, 0.3) is 10.8 Å². The van der Waals surface area contributed by atoms with Gasteiger partial charge >= 0.3 is 0 Å². The highest BCUT2D eigenvalue weighted by molar-refractivity contribution is 7.99. The van der Waals surface area contributed by atoms with Crippen LogP contribution in [0.3, 0.4) is 0 Å². The number of nitrogens with one attached hydrogen (secondary N) is 1. The molecular weight excluding hydrogens is 332 g/mol. The van der Waals surface area contributed by atoms with Crippen LogP contribution in [0.15, 0.2) is 47.0 Å². The summed E-state index contributed by atoms with van der Waals surface area (Å²) in [6.07, 6.45) is 0. The molecule has 2 aromatic carbocycles. The number of aromatic nitrogens is 1. The molecule has 0 aliphatic heterocycles. The van der Waals surface area contributed by atoms with Gasteiger partial charge in [0.1, 0.15) is 5.76 Å². The predicted molar refractivity (Wildman–Crippen MR) is 103 cm³/mol. The van der Waals surface area contributed by atoms with Gasteiger partial charge in [0.25, 0.3) is 0 Å². The van der Waals surface area contributed by atoms with Crippen molar-refractivity contribution in [3.8, 4) is 0 Å². The largest absolute Gasteiger partial charge is 0.361 e.